The summed E-state index contributed by atoms with van der Waals surface area (Å²) in [5.74, 6) is 0.706. The maximum atomic E-state index is 12.1. The maximum Gasteiger partial charge on any atom is 0.222 e. The molecule has 132 valence electrons. The van der Waals surface area contributed by atoms with Crippen molar-refractivity contribution in [3.63, 3.8) is 0 Å². The van der Waals surface area contributed by atoms with Gasteiger partial charge < -0.3 is 14.8 Å². The summed E-state index contributed by atoms with van der Waals surface area (Å²) in [4.78, 5) is 15.9. The highest BCUT2D eigenvalue weighted by Crippen LogP contribution is 2.36. The first kappa shape index (κ1) is 16.5. The Hall–Kier alpha value is -0.950. The van der Waals surface area contributed by atoms with Crippen molar-refractivity contribution >= 4 is 17.2 Å². The Bertz CT molecular complexity index is 530. The van der Waals surface area contributed by atoms with Crippen molar-refractivity contribution in [3.8, 4) is 0 Å². The third-order valence-electron chi connectivity index (χ3n) is 5.50. The van der Waals surface area contributed by atoms with Gasteiger partial charge in [-0.2, -0.15) is 0 Å². The fraction of sp³-hybridized carbons (Fsp3) is 0.722. The number of nitrogens with one attached hydrogen (secondary N) is 1. The van der Waals surface area contributed by atoms with Crippen molar-refractivity contribution in [1.82, 2.24) is 10.2 Å². The largest absolute Gasteiger partial charge is 0.381 e. The van der Waals surface area contributed by atoms with E-state index in [-0.39, 0.29) is 12.0 Å². The van der Waals surface area contributed by atoms with Gasteiger partial charge in [0.05, 0.1) is 25.2 Å². The van der Waals surface area contributed by atoms with Crippen LogP contribution in [0.4, 0.5) is 0 Å². The van der Waals surface area contributed by atoms with E-state index < -0.39 is 0 Å². The second-order valence-corrected chi connectivity index (χ2v) is 8.18. The number of ether oxygens (including phenoxy) is 2. The molecule has 0 aliphatic carbocycles. The van der Waals surface area contributed by atoms with Gasteiger partial charge in [0.15, 0.2) is 0 Å². The minimum absolute atomic E-state index is 0.0974. The van der Waals surface area contributed by atoms with E-state index in [0.717, 1.165) is 45.6 Å². The van der Waals surface area contributed by atoms with Gasteiger partial charge >= 0.3 is 0 Å². The van der Waals surface area contributed by atoms with Gasteiger partial charge in [-0.05, 0) is 30.7 Å². The summed E-state index contributed by atoms with van der Waals surface area (Å²) in [5.41, 5.74) is 0. The molecule has 1 aromatic heterocycles. The normalized spacial score (nSPS) is 31.2. The van der Waals surface area contributed by atoms with E-state index in [0.29, 0.717) is 31.0 Å². The number of rotatable bonds is 5. The summed E-state index contributed by atoms with van der Waals surface area (Å²) in [6.45, 7) is 4.58. The van der Waals surface area contributed by atoms with Crippen LogP contribution in [0.15, 0.2) is 17.5 Å². The maximum absolute atomic E-state index is 12.1. The van der Waals surface area contributed by atoms with Crippen molar-refractivity contribution < 1.29 is 14.3 Å². The van der Waals surface area contributed by atoms with Crippen LogP contribution in [0, 0.1) is 5.92 Å². The van der Waals surface area contributed by atoms with Crippen LogP contribution < -0.4 is 5.32 Å². The van der Waals surface area contributed by atoms with Gasteiger partial charge in [-0.3, -0.25) is 9.69 Å². The van der Waals surface area contributed by atoms with Gasteiger partial charge in [0.1, 0.15) is 0 Å². The molecule has 0 unspecified atom stereocenters. The van der Waals surface area contributed by atoms with E-state index in [1.807, 2.05) is 17.5 Å². The van der Waals surface area contributed by atoms with Crippen molar-refractivity contribution in [3.05, 3.63) is 22.4 Å². The van der Waals surface area contributed by atoms with Crippen LogP contribution in [0.5, 0.6) is 0 Å². The van der Waals surface area contributed by atoms with Crippen molar-refractivity contribution in [2.24, 2.45) is 5.92 Å². The second kappa shape index (κ2) is 7.52. The summed E-state index contributed by atoms with van der Waals surface area (Å²) in [6, 6.07) is 4.73. The number of carbonyl (C=O) groups is 1. The van der Waals surface area contributed by atoms with Gasteiger partial charge in [-0.15, -0.1) is 11.3 Å². The van der Waals surface area contributed by atoms with Crippen LogP contribution in [0.3, 0.4) is 0 Å². The predicted octanol–water partition coefficient (Wildman–Crippen LogP) is 2.02. The number of hydrogen-bond donors (Lipinski definition) is 1. The molecule has 3 fully saturated rings. The fourth-order valence-electron chi connectivity index (χ4n) is 4.25. The summed E-state index contributed by atoms with van der Waals surface area (Å²) in [6.07, 6.45) is 4.23. The molecule has 1 aromatic rings. The minimum Gasteiger partial charge on any atom is -0.381 e. The molecule has 4 rings (SSSR count). The number of carbonyl (C=O) groups excluding carboxylic acids is 1. The molecule has 1 N–H and O–H groups in total. The lowest BCUT2D eigenvalue weighted by Gasteiger charge is -2.31. The molecule has 1 amide bonds. The summed E-state index contributed by atoms with van der Waals surface area (Å²) < 4.78 is 11.6. The number of amides is 1. The molecule has 6 heteroatoms. The Morgan fingerprint density at radius 1 is 1.33 bits per heavy atom. The first-order chi connectivity index (χ1) is 11.8. The van der Waals surface area contributed by atoms with Crippen molar-refractivity contribution in [1.29, 1.82) is 0 Å². The molecule has 0 spiro atoms. The van der Waals surface area contributed by atoms with E-state index in [9.17, 15) is 4.79 Å². The van der Waals surface area contributed by atoms with Gasteiger partial charge in [-0.25, -0.2) is 0 Å². The van der Waals surface area contributed by atoms with Gasteiger partial charge in [0.2, 0.25) is 5.91 Å². The van der Waals surface area contributed by atoms with E-state index >= 15 is 0 Å². The van der Waals surface area contributed by atoms with E-state index in [1.54, 1.807) is 11.3 Å². The van der Waals surface area contributed by atoms with Crippen LogP contribution >= 0.6 is 11.3 Å². The highest BCUT2D eigenvalue weighted by atomic mass is 32.1. The van der Waals surface area contributed by atoms with E-state index in [1.165, 1.54) is 4.88 Å². The molecule has 3 atom stereocenters. The Morgan fingerprint density at radius 3 is 2.96 bits per heavy atom. The van der Waals surface area contributed by atoms with Crippen LogP contribution in [-0.4, -0.2) is 55.4 Å². The quantitative estimate of drug-likeness (QED) is 0.883. The lowest BCUT2D eigenvalue weighted by atomic mass is 10.0. The zero-order valence-corrected chi connectivity index (χ0v) is 14.8. The molecule has 0 aromatic carbocycles. The second-order valence-electron chi connectivity index (χ2n) is 7.15. The Labute approximate surface area is 147 Å². The number of thiophene rings is 1. The Morgan fingerprint density at radius 2 is 2.21 bits per heavy atom. The molecule has 4 heterocycles. The summed E-state index contributed by atoms with van der Waals surface area (Å²) in [7, 11) is 0. The number of likely N-dealkylation sites (tertiary alicyclic amines) is 1. The van der Waals surface area contributed by atoms with Crippen LogP contribution in [-0.2, 0) is 20.8 Å². The lowest BCUT2D eigenvalue weighted by Crippen LogP contribution is -2.39. The van der Waals surface area contributed by atoms with E-state index in [2.05, 4.69) is 10.2 Å². The molecular weight excluding hydrogens is 324 g/mol. The zero-order chi connectivity index (χ0) is 16.4. The third kappa shape index (κ3) is 3.82. The average molecular weight is 350 g/mol. The minimum atomic E-state index is 0.0974. The molecule has 3 aliphatic heterocycles. The smallest absolute Gasteiger partial charge is 0.222 e. The van der Waals surface area contributed by atoms with Gasteiger partial charge in [-0.1, -0.05) is 6.07 Å². The third-order valence-corrected chi connectivity index (χ3v) is 6.38. The molecule has 3 saturated heterocycles. The Balaban J connectivity index is 1.20. The van der Waals surface area contributed by atoms with Crippen molar-refractivity contribution in [2.75, 3.05) is 26.3 Å². The fourth-order valence-corrected chi connectivity index (χ4v) is 4.90. The highest BCUT2D eigenvalue weighted by Gasteiger charge is 2.44. The average Bonchev–Trinajstić information content (AvgIpc) is 3.30. The molecule has 0 bridgehead atoms. The van der Waals surface area contributed by atoms with Crippen molar-refractivity contribution in [2.45, 2.75) is 50.5 Å². The molecule has 0 radical (unpaired) electrons. The molecule has 24 heavy (non-hydrogen) atoms. The SMILES string of the molecule is O=C(C[C@@H]1C[C@H]2CN(C3CCOCC3)C[C@H]2O1)NCc1cccs1. The van der Waals surface area contributed by atoms with Gasteiger partial charge in [0, 0.05) is 43.1 Å². The van der Waals surface area contributed by atoms with Crippen LogP contribution in [0.2, 0.25) is 0 Å². The summed E-state index contributed by atoms with van der Waals surface area (Å²) in [5, 5.41) is 5.04. The van der Waals surface area contributed by atoms with Crippen LogP contribution in [0.25, 0.3) is 0 Å². The van der Waals surface area contributed by atoms with Gasteiger partial charge in [0.25, 0.3) is 0 Å². The monoisotopic (exact) mass is 350 g/mol. The van der Waals surface area contributed by atoms with Crippen LogP contribution in [0.1, 0.15) is 30.6 Å². The van der Waals surface area contributed by atoms with E-state index in [4.69, 9.17) is 9.47 Å². The number of hydrogen-bond acceptors (Lipinski definition) is 5. The predicted molar refractivity (Wildman–Crippen MR) is 93.0 cm³/mol. The highest BCUT2D eigenvalue weighted by molar-refractivity contribution is 7.09. The molecule has 3 aliphatic rings. The first-order valence-corrected chi connectivity index (χ1v) is 9.92. The number of fused-ring (bicyclic) bond motifs is 1. The topological polar surface area (TPSA) is 50.8 Å². The lowest BCUT2D eigenvalue weighted by molar-refractivity contribution is -0.124. The molecular formula is C18H26N2O3S. The molecule has 5 nitrogen and oxygen atoms in total. The standard InChI is InChI=1S/C18H26N2O3S/c21-18(19-10-16-2-1-7-24-16)9-15-8-13-11-20(12-17(13)23-15)14-3-5-22-6-4-14/h1-2,7,13-15,17H,3-6,8-12H2,(H,19,21)/t13-,15-,17+/m0/s1. The first-order valence-electron chi connectivity index (χ1n) is 9.04. The molecule has 0 saturated carbocycles. The Kier molecular flexibility index (Phi) is 5.17. The zero-order valence-electron chi connectivity index (χ0n) is 14.0. The summed E-state index contributed by atoms with van der Waals surface area (Å²) >= 11 is 1.67. The number of nitrogens with zero attached hydrogens (tertiary/aromatic N) is 1.